The van der Waals surface area contributed by atoms with Crippen molar-refractivity contribution in [3.8, 4) is 11.5 Å². The van der Waals surface area contributed by atoms with Crippen LogP contribution in [0.3, 0.4) is 0 Å². The third-order valence-corrected chi connectivity index (χ3v) is 7.15. The average Bonchev–Trinajstić information content (AvgIpc) is 3.38. The molecule has 4 rings (SSSR count). The smallest absolute Gasteiger partial charge is 0.277 e. The molecule has 1 saturated heterocycles. The second kappa shape index (κ2) is 8.00. The number of rotatable bonds is 7. The van der Waals surface area contributed by atoms with Crippen molar-refractivity contribution in [2.75, 3.05) is 24.1 Å². The Bertz CT molecular complexity index is 975. The van der Waals surface area contributed by atoms with E-state index in [2.05, 4.69) is 15.5 Å². The van der Waals surface area contributed by atoms with Gasteiger partial charge < -0.3 is 19.2 Å². The van der Waals surface area contributed by atoms with E-state index in [1.54, 1.807) is 0 Å². The summed E-state index contributed by atoms with van der Waals surface area (Å²) in [4.78, 5) is 12.0. The Morgan fingerprint density at radius 1 is 1.25 bits per heavy atom. The predicted molar refractivity (Wildman–Crippen MR) is 99.9 cm³/mol. The lowest BCUT2D eigenvalue weighted by Gasteiger charge is -2.05. The Labute approximate surface area is 166 Å². The summed E-state index contributed by atoms with van der Waals surface area (Å²) in [5.74, 6) is 2.17. The molecule has 9 nitrogen and oxygen atoms in total. The minimum Gasteiger partial charge on any atom is -0.454 e. The highest BCUT2D eigenvalue weighted by Crippen LogP contribution is 2.32. The number of fused-ring (bicyclic) bond motifs is 1. The van der Waals surface area contributed by atoms with E-state index in [-0.39, 0.29) is 35.9 Å². The summed E-state index contributed by atoms with van der Waals surface area (Å²) >= 11 is 1.15. The second-order valence-corrected chi connectivity index (χ2v) is 9.84. The topological polar surface area (TPSA) is 121 Å². The van der Waals surface area contributed by atoms with Crippen molar-refractivity contribution in [1.82, 2.24) is 15.5 Å². The summed E-state index contributed by atoms with van der Waals surface area (Å²) in [5.41, 5.74) is 0.911. The van der Waals surface area contributed by atoms with Crippen LogP contribution >= 0.6 is 11.8 Å². The molecule has 1 atom stereocenters. The lowest BCUT2D eigenvalue weighted by atomic mass is 10.1. The van der Waals surface area contributed by atoms with Gasteiger partial charge in [-0.3, -0.25) is 4.79 Å². The van der Waals surface area contributed by atoms with Crippen LogP contribution in [0.1, 0.15) is 17.9 Å². The second-order valence-electron chi connectivity index (χ2n) is 6.69. The summed E-state index contributed by atoms with van der Waals surface area (Å²) in [6.45, 7) is 0.589. The first kappa shape index (κ1) is 19.1. The van der Waals surface area contributed by atoms with Crippen molar-refractivity contribution in [2.24, 2.45) is 5.92 Å². The van der Waals surface area contributed by atoms with Crippen LogP contribution < -0.4 is 14.8 Å². The Balaban J connectivity index is 1.21. The molecular formula is C17H19N3O6S2. The number of sulfone groups is 1. The molecule has 11 heteroatoms. The highest BCUT2D eigenvalue weighted by molar-refractivity contribution is 7.99. The molecule has 0 spiro atoms. The van der Waals surface area contributed by atoms with Gasteiger partial charge in [-0.05, 0) is 30.0 Å². The van der Waals surface area contributed by atoms with Crippen molar-refractivity contribution >= 4 is 27.5 Å². The van der Waals surface area contributed by atoms with Crippen LogP contribution in [0.15, 0.2) is 27.8 Å². The van der Waals surface area contributed by atoms with Gasteiger partial charge >= 0.3 is 0 Å². The number of hydrogen-bond acceptors (Lipinski definition) is 9. The fourth-order valence-corrected chi connectivity index (χ4v) is 5.56. The van der Waals surface area contributed by atoms with Gasteiger partial charge in [-0.25, -0.2) is 8.42 Å². The third kappa shape index (κ3) is 4.76. The fraction of sp³-hybridized carbons (Fsp3) is 0.471. The van der Waals surface area contributed by atoms with Gasteiger partial charge in [-0.15, -0.1) is 10.2 Å². The van der Waals surface area contributed by atoms with Crippen molar-refractivity contribution in [2.45, 2.75) is 24.6 Å². The number of aromatic nitrogens is 2. The molecule has 0 bridgehead atoms. The van der Waals surface area contributed by atoms with E-state index in [0.29, 0.717) is 42.0 Å². The molecule has 2 aliphatic rings. The van der Waals surface area contributed by atoms with Gasteiger partial charge in [0.2, 0.25) is 18.6 Å². The number of carbonyl (C=O) groups is 1. The minimum absolute atomic E-state index is 0.0216. The zero-order valence-electron chi connectivity index (χ0n) is 14.9. The van der Waals surface area contributed by atoms with Crippen LogP contribution in [0, 0.1) is 5.92 Å². The number of ether oxygens (including phenoxy) is 2. The molecular weight excluding hydrogens is 406 g/mol. The Morgan fingerprint density at radius 3 is 2.93 bits per heavy atom. The van der Waals surface area contributed by atoms with E-state index < -0.39 is 9.84 Å². The number of nitrogens with one attached hydrogen (secondary N) is 1. The highest BCUT2D eigenvalue weighted by atomic mass is 32.2. The third-order valence-electron chi connectivity index (χ3n) is 4.49. The maximum absolute atomic E-state index is 12.0. The van der Waals surface area contributed by atoms with Crippen molar-refractivity contribution in [3.05, 3.63) is 29.7 Å². The lowest BCUT2D eigenvalue weighted by Crippen LogP contribution is -2.24. The van der Waals surface area contributed by atoms with Crippen LogP contribution in [0.4, 0.5) is 0 Å². The molecule has 0 radical (unpaired) electrons. The van der Waals surface area contributed by atoms with E-state index in [4.69, 9.17) is 13.9 Å². The zero-order chi connectivity index (χ0) is 19.6. The number of carbonyl (C=O) groups excluding carboxylic acids is 1. The minimum atomic E-state index is -2.93. The first-order chi connectivity index (χ1) is 13.5. The molecule has 0 saturated carbocycles. The van der Waals surface area contributed by atoms with E-state index in [1.165, 1.54) is 0 Å². The average molecular weight is 425 g/mol. The Kier molecular flexibility index (Phi) is 5.44. The first-order valence-electron chi connectivity index (χ1n) is 8.78. The fourth-order valence-electron chi connectivity index (χ4n) is 3.09. The van der Waals surface area contributed by atoms with Crippen molar-refractivity contribution < 1.29 is 27.1 Å². The van der Waals surface area contributed by atoms with E-state index >= 15 is 0 Å². The number of thioether (sulfide) groups is 1. The number of amides is 1. The van der Waals surface area contributed by atoms with Crippen LogP contribution in [0.2, 0.25) is 0 Å². The van der Waals surface area contributed by atoms with Gasteiger partial charge in [0.05, 0.1) is 17.3 Å². The number of nitrogens with zero attached hydrogens (tertiary/aromatic N) is 2. The highest BCUT2D eigenvalue weighted by Gasteiger charge is 2.29. The van der Waals surface area contributed by atoms with Crippen molar-refractivity contribution in [1.29, 1.82) is 0 Å². The maximum atomic E-state index is 12.0. The Morgan fingerprint density at radius 2 is 2.11 bits per heavy atom. The molecule has 150 valence electrons. The molecule has 1 aromatic carbocycles. The van der Waals surface area contributed by atoms with Crippen LogP contribution in [-0.4, -0.2) is 48.6 Å². The first-order valence-corrected chi connectivity index (χ1v) is 11.6. The quantitative estimate of drug-likeness (QED) is 0.652. The molecule has 1 amide bonds. The molecule has 0 aliphatic carbocycles. The van der Waals surface area contributed by atoms with Crippen LogP contribution in [-0.2, 0) is 27.6 Å². The van der Waals surface area contributed by atoms with Crippen LogP contribution in [0.25, 0.3) is 0 Å². The number of benzene rings is 1. The predicted octanol–water partition coefficient (Wildman–Crippen LogP) is 1.18. The van der Waals surface area contributed by atoms with Gasteiger partial charge in [0.1, 0.15) is 0 Å². The summed E-state index contributed by atoms with van der Waals surface area (Å²) in [5, 5.41) is 11.0. The SMILES string of the molecule is O=C(CSc1nnc(CC2CCS(=O)(=O)C2)o1)NCc1ccc2c(c1)OCO2. The van der Waals surface area contributed by atoms with Crippen LogP contribution in [0.5, 0.6) is 11.5 Å². The summed E-state index contributed by atoms with van der Waals surface area (Å²) in [6.07, 6.45) is 1.07. The normalized spacial score (nSPS) is 19.6. The van der Waals surface area contributed by atoms with Crippen molar-refractivity contribution in [3.63, 3.8) is 0 Å². The van der Waals surface area contributed by atoms with E-state index in [1.807, 2.05) is 18.2 Å². The summed E-state index contributed by atoms with van der Waals surface area (Å²) in [6, 6.07) is 5.52. The number of hydrogen-bond donors (Lipinski definition) is 1. The molecule has 1 fully saturated rings. The molecule has 2 aromatic rings. The standard InChI is InChI=1S/C17H19N3O6S2/c21-15(18-7-11-1-2-13-14(5-11)25-10-24-13)8-27-17-20-19-16(26-17)6-12-3-4-28(22,23)9-12/h1-2,5,12H,3-4,6-10H2,(H,18,21). The van der Waals surface area contributed by atoms with Gasteiger partial charge in [-0.1, -0.05) is 17.8 Å². The van der Waals surface area contributed by atoms with E-state index in [9.17, 15) is 13.2 Å². The maximum Gasteiger partial charge on any atom is 0.277 e. The van der Waals surface area contributed by atoms with E-state index in [0.717, 1.165) is 17.3 Å². The van der Waals surface area contributed by atoms with Gasteiger partial charge in [0, 0.05) is 13.0 Å². The molecule has 1 unspecified atom stereocenters. The monoisotopic (exact) mass is 425 g/mol. The zero-order valence-corrected chi connectivity index (χ0v) is 16.6. The molecule has 2 aliphatic heterocycles. The largest absolute Gasteiger partial charge is 0.454 e. The Hall–Kier alpha value is -2.27. The molecule has 1 N–H and O–H groups in total. The van der Waals surface area contributed by atoms with Gasteiger partial charge in [0.15, 0.2) is 21.3 Å². The van der Waals surface area contributed by atoms with Gasteiger partial charge in [0.25, 0.3) is 5.22 Å². The lowest BCUT2D eigenvalue weighted by molar-refractivity contribution is -0.118. The molecule has 28 heavy (non-hydrogen) atoms. The summed E-state index contributed by atoms with van der Waals surface area (Å²) in [7, 11) is -2.93. The summed E-state index contributed by atoms with van der Waals surface area (Å²) < 4.78 is 39.1. The molecule has 3 heterocycles. The van der Waals surface area contributed by atoms with Gasteiger partial charge in [-0.2, -0.15) is 0 Å². The molecule has 1 aromatic heterocycles.